The Morgan fingerprint density at radius 2 is 1.06 bits per heavy atom. The molecular weight excluding hydrogens is 450 g/mol. The van der Waals surface area contributed by atoms with Crippen LogP contribution >= 0.6 is 0 Å². The van der Waals surface area contributed by atoms with Gasteiger partial charge in [-0.3, -0.25) is 0 Å². The van der Waals surface area contributed by atoms with Gasteiger partial charge in [-0.2, -0.15) is 4.31 Å². The summed E-state index contributed by atoms with van der Waals surface area (Å²) in [6, 6.07) is 20.1. The minimum Gasteiger partial charge on any atom is -0.497 e. The molecule has 168 valence electrons. The monoisotopic (exact) mass is 473 g/mol. The van der Waals surface area contributed by atoms with Crippen molar-refractivity contribution in [3.05, 3.63) is 72.8 Å². The SMILES string of the molecule is COc1ccc(-c2ccc(S(=O)(=O)N3CC(S(=O)(=O)c4ccc(OC)cc4)C3)cc2)cc1. The topological polar surface area (TPSA) is 90.0 Å². The van der Waals surface area contributed by atoms with Crippen LogP contribution in [0.2, 0.25) is 0 Å². The van der Waals surface area contributed by atoms with Gasteiger partial charge in [0.25, 0.3) is 0 Å². The Labute approximate surface area is 188 Å². The smallest absolute Gasteiger partial charge is 0.243 e. The normalized spacial score (nSPS) is 15.2. The van der Waals surface area contributed by atoms with Gasteiger partial charge in [0.2, 0.25) is 10.0 Å². The molecule has 1 aliphatic rings. The maximum absolute atomic E-state index is 12.9. The molecular formula is C23H23NO6S2. The van der Waals surface area contributed by atoms with Crippen molar-refractivity contribution >= 4 is 19.9 Å². The molecule has 4 rings (SSSR count). The van der Waals surface area contributed by atoms with Gasteiger partial charge < -0.3 is 9.47 Å². The van der Waals surface area contributed by atoms with Crippen LogP contribution in [0, 0.1) is 0 Å². The average Bonchev–Trinajstić information content (AvgIpc) is 2.78. The zero-order valence-electron chi connectivity index (χ0n) is 17.6. The predicted octanol–water partition coefficient (Wildman–Crippen LogP) is 3.22. The minimum absolute atomic E-state index is 0.0725. The number of ether oxygens (including phenoxy) is 2. The molecule has 1 saturated heterocycles. The van der Waals surface area contributed by atoms with E-state index in [0.29, 0.717) is 5.75 Å². The minimum atomic E-state index is -3.77. The second-order valence-corrected chi connectivity index (χ2v) is 11.6. The maximum atomic E-state index is 12.9. The van der Waals surface area contributed by atoms with Crippen LogP contribution in [0.25, 0.3) is 11.1 Å². The highest BCUT2D eigenvalue weighted by Crippen LogP contribution is 2.31. The van der Waals surface area contributed by atoms with Crippen LogP contribution in [0.5, 0.6) is 11.5 Å². The number of methoxy groups -OCH3 is 2. The Morgan fingerprint density at radius 1 is 0.656 bits per heavy atom. The van der Waals surface area contributed by atoms with Crippen molar-refractivity contribution in [3.63, 3.8) is 0 Å². The van der Waals surface area contributed by atoms with E-state index < -0.39 is 25.1 Å². The molecule has 1 heterocycles. The van der Waals surface area contributed by atoms with Gasteiger partial charge in [0.1, 0.15) is 11.5 Å². The van der Waals surface area contributed by atoms with Crippen LogP contribution in [0.1, 0.15) is 0 Å². The Balaban J connectivity index is 1.46. The summed E-state index contributed by atoms with van der Waals surface area (Å²) in [4.78, 5) is 0.291. The summed E-state index contributed by atoms with van der Waals surface area (Å²) in [5.41, 5.74) is 1.81. The molecule has 1 fully saturated rings. The molecule has 0 radical (unpaired) electrons. The van der Waals surface area contributed by atoms with Gasteiger partial charge in [-0.05, 0) is 59.7 Å². The highest BCUT2D eigenvalue weighted by Gasteiger charge is 2.44. The first kappa shape index (κ1) is 22.3. The molecule has 0 saturated carbocycles. The molecule has 0 aromatic heterocycles. The number of nitrogens with zero attached hydrogens (tertiary/aromatic N) is 1. The van der Waals surface area contributed by atoms with E-state index >= 15 is 0 Å². The summed E-state index contributed by atoms with van der Waals surface area (Å²) in [6.45, 7) is -0.145. The van der Waals surface area contributed by atoms with Crippen LogP contribution in [-0.2, 0) is 19.9 Å². The zero-order valence-corrected chi connectivity index (χ0v) is 19.3. The summed E-state index contributed by atoms with van der Waals surface area (Å²) in [5, 5.41) is -0.774. The third-order valence-electron chi connectivity index (χ3n) is 5.56. The van der Waals surface area contributed by atoms with Crippen LogP contribution in [-0.4, -0.2) is 53.7 Å². The van der Waals surface area contributed by atoms with E-state index in [2.05, 4.69) is 0 Å². The van der Waals surface area contributed by atoms with E-state index in [1.54, 1.807) is 43.5 Å². The Hall–Kier alpha value is -2.88. The second-order valence-electron chi connectivity index (χ2n) is 7.42. The van der Waals surface area contributed by atoms with Crippen molar-refractivity contribution in [1.82, 2.24) is 4.31 Å². The van der Waals surface area contributed by atoms with Crippen molar-refractivity contribution in [1.29, 1.82) is 0 Å². The number of hydrogen-bond acceptors (Lipinski definition) is 6. The Bertz CT molecular complexity index is 1290. The van der Waals surface area contributed by atoms with Gasteiger partial charge in [0.15, 0.2) is 9.84 Å². The van der Waals surface area contributed by atoms with Gasteiger partial charge in [0, 0.05) is 13.1 Å². The third kappa shape index (κ3) is 4.11. The third-order valence-corrected chi connectivity index (χ3v) is 9.51. The first-order chi connectivity index (χ1) is 15.3. The molecule has 0 atom stereocenters. The molecule has 0 bridgehead atoms. The molecule has 0 unspecified atom stereocenters. The fraction of sp³-hybridized carbons (Fsp3) is 0.217. The van der Waals surface area contributed by atoms with E-state index in [0.717, 1.165) is 16.9 Å². The van der Waals surface area contributed by atoms with Gasteiger partial charge in [0.05, 0.1) is 29.3 Å². The first-order valence-electron chi connectivity index (χ1n) is 9.88. The largest absolute Gasteiger partial charge is 0.497 e. The molecule has 0 aliphatic carbocycles. The average molecular weight is 474 g/mol. The zero-order chi connectivity index (χ0) is 22.9. The van der Waals surface area contributed by atoms with Crippen LogP contribution < -0.4 is 9.47 Å². The Morgan fingerprint density at radius 3 is 1.53 bits per heavy atom. The van der Waals surface area contributed by atoms with Crippen molar-refractivity contribution in [2.45, 2.75) is 15.0 Å². The van der Waals surface area contributed by atoms with Crippen molar-refractivity contribution in [3.8, 4) is 22.6 Å². The summed E-state index contributed by atoms with van der Waals surface area (Å²) < 4.78 is 62.9. The van der Waals surface area contributed by atoms with E-state index in [1.807, 2.05) is 24.3 Å². The number of benzene rings is 3. The number of sulfonamides is 1. The van der Waals surface area contributed by atoms with E-state index in [4.69, 9.17) is 9.47 Å². The second kappa shape index (κ2) is 8.57. The molecule has 0 N–H and O–H groups in total. The lowest BCUT2D eigenvalue weighted by Crippen LogP contribution is -2.56. The standard InChI is InChI=1S/C23H23NO6S2/c1-29-19-7-3-17(4-8-19)18-5-11-22(12-6-18)32(27,28)24-15-23(16-24)31(25,26)21-13-9-20(30-2)10-14-21/h3-14,23H,15-16H2,1-2H3. The Kier molecular flexibility index (Phi) is 5.98. The molecule has 3 aromatic rings. The van der Waals surface area contributed by atoms with E-state index in [-0.39, 0.29) is 22.9 Å². The first-order valence-corrected chi connectivity index (χ1v) is 12.9. The molecule has 0 spiro atoms. The summed E-state index contributed by atoms with van der Waals surface area (Å²) in [6.07, 6.45) is 0. The molecule has 7 nitrogen and oxygen atoms in total. The predicted molar refractivity (Wildman–Crippen MR) is 121 cm³/mol. The molecule has 1 aliphatic heterocycles. The highest BCUT2D eigenvalue weighted by molar-refractivity contribution is 7.92. The van der Waals surface area contributed by atoms with E-state index in [1.165, 1.54) is 23.5 Å². The lowest BCUT2D eigenvalue weighted by molar-refractivity contribution is 0.309. The van der Waals surface area contributed by atoms with Crippen LogP contribution in [0.3, 0.4) is 0 Å². The van der Waals surface area contributed by atoms with Crippen molar-refractivity contribution in [2.24, 2.45) is 0 Å². The number of hydrogen-bond donors (Lipinski definition) is 0. The van der Waals surface area contributed by atoms with Gasteiger partial charge >= 0.3 is 0 Å². The van der Waals surface area contributed by atoms with E-state index in [9.17, 15) is 16.8 Å². The van der Waals surface area contributed by atoms with Gasteiger partial charge in [-0.25, -0.2) is 16.8 Å². The quantitative estimate of drug-likeness (QED) is 0.523. The fourth-order valence-electron chi connectivity index (χ4n) is 3.50. The molecule has 0 amide bonds. The lowest BCUT2D eigenvalue weighted by atomic mass is 10.1. The van der Waals surface area contributed by atoms with Gasteiger partial charge in [-0.15, -0.1) is 0 Å². The van der Waals surface area contributed by atoms with Crippen LogP contribution in [0.15, 0.2) is 82.6 Å². The molecule has 32 heavy (non-hydrogen) atoms. The maximum Gasteiger partial charge on any atom is 0.243 e. The van der Waals surface area contributed by atoms with Crippen LogP contribution in [0.4, 0.5) is 0 Å². The highest BCUT2D eigenvalue weighted by atomic mass is 32.2. The van der Waals surface area contributed by atoms with Crippen molar-refractivity contribution < 1.29 is 26.3 Å². The molecule has 9 heteroatoms. The number of rotatable bonds is 7. The van der Waals surface area contributed by atoms with Gasteiger partial charge in [-0.1, -0.05) is 24.3 Å². The molecule has 3 aromatic carbocycles. The number of sulfone groups is 1. The van der Waals surface area contributed by atoms with Crippen molar-refractivity contribution in [2.75, 3.05) is 27.3 Å². The fourth-order valence-corrected chi connectivity index (χ4v) is 6.88. The summed E-state index contributed by atoms with van der Waals surface area (Å²) >= 11 is 0. The summed E-state index contributed by atoms with van der Waals surface area (Å²) in [5.74, 6) is 1.30. The summed E-state index contributed by atoms with van der Waals surface area (Å²) in [7, 11) is -4.30. The lowest BCUT2D eigenvalue weighted by Gasteiger charge is -2.37.